The average Bonchev–Trinajstić information content (AvgIpc) is 3.09. The predicted molar refractivity (Wildman–Crippen MR) is 86.3 cm³/mol. The predicted octanol–water partition coefficient (Wildman–Crippen LogP) is 2.33. The first-order valence-corrected chi connectivity index (χ1v) is 8.69. The number of amides is 1. The number of aliphatic hydroxyl groups excluding tert-OH is 1. The largest absolute Gasteiger partial charge is 0.387 e. The Balaban J connectivity index is 1.50. The van der Waals surface area contributed by atoms with Crippen LogP contribution in [-0.2, 0) is 4.79 Å². The van der Waals surface area contributed by atoms with E-state index in [2.05, 4.69) is 0 Å². The van der Waals surface area contributed by atoms with Gasteiger partial charge in [0, 0.05) is 50.3 Å². The van der Waals surface area contributed by atoms with Gasteiger partial charge in [-0.15, -0.1) is 0 Å². The number of carbonyl (C=O) groups is 1. The van der Waals surface area contributed by atoms with Gasteiger partial charge in [-0.3, -0.25) is 9.69 Å². The number of carbonyl (C=O) groups excluding carboxylic acids is 1. The molecule has 0 unspecified atom stereocenters. The monoisotopic (exact) mass is 338 g/mol. The van der Waals surface area contributed by atoms with Crippen molar-refractivity contribution < 1.29 is 18.7 Å². The molecule has 2 aliphatic rings. The molecular formula is C18H24F2N2O2. The summed E-state index contributed by atoms with van der Waals surface area (Å²) in [5.41, 5.74) is 0.112. The van der Waals surface area contributed by atoms with E-state index in [4.69, 9.17) is 0 Å². The van der Waals surface area contributed by atoms with Crippen LogP contribution >= 0.6 is 0 Å². The van der Waals surface area contributed by atoms with Crippen LogP contribution in [0.5, 0.6) is 0 Å². The molecule has 4 nitrogen and oxygen atoms in total. The molecule has 2 fully saturated rings. The third-order valence-electron chi connectivity index (χ3n) is 5.14. The average molecular weight is 338 g/mol. The Morgan fingerprint density at radius 1 is 1.17 bits per heavy atom. The topological polar surface area (TPSA) is 43.8 Å². The van der Waals surface area contributed by atoms with E-state index in [9.17, 15) is 18.7 Å². The van der Waals surface area contributed by atoms with Crippen LogP contribution in [0.15, 0.2) is 18.2 Å². The van der Waals surface area contributed by atoms with Crippen LogP contribution < -0.4 is 0 Å². The van der Waals surface area contributed by atoms with Crippen LogP contribution in [-0.4, -0.2) is 53.5 Å². The smallest absolute Gasteiger partial charge is 0.225 e. The second kappa shape index (κ2) is 7.57. The lowest BCUT2D eigenvalue weighted by atomic mass is 10.1. The Kier molecular flexibility index (Phi) is 5.46. The SMILES string of the molecule is O=C(C1CCCC1)N1CCN(C[C@@H](O)c2ccc(F)cc2F)CC1. The highest BCUT2D eigenvalue weighted by molar-refractivity contribution is 5.79. The molecule has 6 heteroatoms. The second-order valence-electron chi connectivity index (χ2n) is 6.79. The second-order valence-corrected chi connectivity index (χ2v) is 6.79. The van der Waals surface area contributed by atoms with Crippen LogP contribution in [0.4, 0.5) is 8.78 Å². The molecule has 1 aromatic carbocycles. The summed E-state index contributed by atoms with van der Waals surface area (Å²) in [6, 6.07) is 3.23. The van der Waals surface area contributed by atoms with Crippen LogP contribution in [0.25, 0.3) is 0 Å². The highest BCUT2D eigenvalue weighted by Gasteiger charge is 2.30. The maximum absolute atomic E-state index is 13.7. The first-order chi connectivity index (χ1) is 11.5. The lowest BCUT2D eigenvalue weighted by Gasteiger charge is -2.36. The van der Waals surface area contributed by atoms with Gasteiger partial charge in [-0.1, -0.05) is 18.9 Å². The molecule has 0 spiro atoms. The minimum Gasteiger partial charge on any atom is -0.387 e. The van der Waals surface area contributed by atoms with Crippen LogP contribution in [0, 0.1) is 17.6 Å². The molecule has 24 heavy (non-hydrogen) atoms. The molecule has 1 aromatic rings. The first-order valence-electron chi connectivity index (χ1n) is 8.69. The summed E-state index contributed by atoms with van der Waals surface area (Å²) in [5.74, 6) is -0.923. The summed E-state index contributed by atoms with van der Waals surface area (Å²) in [6.45, 7) is 2.91. The number of nitrogens with zero attached hydrogens (tertiary/aromatic N) is 2. The van der Waals surface area contributed by atoms with Crippen molar-refractivity contribution >= 4 is 5.91 Å². The van der Waals surface area contributed by atoms with Gasteiger partial charge in [-0.05, 0) is 18.9 Å². The number of aliphatic hydroxyl groups is 1. The summed E-state index contributed by atoms with van der Waals surface area (Å²) < 4.78 is 26.7. The Labute approximate surface area is 141 Å². The van der Waals surface area contributed by atoms with Crippen molar-refractivity contribution in [2.45, 2.75) is 31.8 Å². The molecule has 0 bridgehead atoms. The normalized spacial score (nSPS) is 21.2. The number of β-amino-alcohol motifs (C(OH)–C–C–N with tert-alkyl or cyclic N) is 1. The van der Waals surface area contributed by atoms with E-state index in [-0.39, 0.29) is 23.9 Å². The Bertz CT molecular complexity index is 582. The summed E-state index contributed by atoms with van der Waals surface area (Å²) in [5, 5.41) is 10.2. The van der Waals surface area contributed by atoms with E-state index in [0.29, 0.717) is 26.2 Å². The van der Waals surface area contributed by atoms with E-state index < -0.39 is 17.7 Å². The maximum atomic E-state index is 13.7. The van der Waals surface area contributed by atoms with Crippen molar-refractivity contribution in [3.8, 4) is 0 Å². The summed E-state index contributed by atoms with van der Waals surface area (Å²) >= 11 is 0. The quantitative estimate of drug-likeness (QED) is 0.916. The molecule has 3 rings (SSSR count). The molecule has 1 atom stereocenters. The number of halogens is 2. The van der Waals surface area contributed by atoms with Gasteiger partial charge >= 0.3 is 0 Å². The minimum atomic E-state index is -0.998. The molecule has 1 aliphatic carbocycles. The molecule has 1 saturated heterocycles. The zero-order valence-electron chi connectivity index (χ0n) is 13.8. The van der Waals surface area contributed by atoms with Gasteiger partial charge in [-0.25, -0.2) is 8.78 Å². The van der Waals surface area contributed by atoms with Gasteiger partial charge in [0.2, 0.25) is 5.91 Å². The van der Waals surface area contributed by atoms with Gasteiger partial charge in [0.05, 0.1) is 6.10 Å². The van der Waals surface area contributed by atoms with Crippen LogP contribution in [0.2, 0.25) is 0 Å². The lowest BCUT2D eigenvalue weighted by molar-refractivity contribution is -0.137. The molecule has 1 saturated carbocycles. The van der Waals surface area contributed by atoms with Gasteiger partial charge in [0.25, 0.3) is 0 Å². The fourth-order valence-electron chi connectivity index (χ4n) is 3.70. The number of benzene rings is 1. The third kappa shape index (κ3) is 3.92. The van der Waals surface area contributed by atoms with Crippen molar-refractivity contribution in [2.24, 2.45) is 5.92 Å². The fraction of sp³-hybridized carbons (Fsp3) is 0.611. The standard InChI is InChI=1S/C18H24F2N2O2/c19-14-5-6-15(16(20)11-14)17(23)12-21-7-9-22(10-8-21)18(24)13-3-1-2-4-13/h5-6,11,13,17,23H,1-4,7-10,12H2/t17-/m1/s1. The number of hydrogen-bond donors (Lipinski definition) is 1. The van der Waals surface area contributed by atoms with Crippen molar-refractivity contribution in [2.75, 3.05) is 32.7 Å². The van der Waals surface area contributed by atoms with Crippen molar-refractivity contribution in [3.05, 3.63) is 35.4 Å². The van der Waals surface area contributed by atoms with E-state index in [1.54, 1.807) is 0 Å². The van der Waals surface area contributed by atoms with E-state index in [1.165, 1.54) is 6.07 Å². The van der Waals surface area contributed by atoms with Crippen molar-refractivity contribution in [3.63, 3.8) is 0 Å². The van der Waals surface area contributed by atoms with Gasteiger partial charge in [-0.2, -0.15) is 0 Å². The number of rotatable bonds is 4. The van der Waals surface area contributed by atoms with Crippen molar-refractivity contribution in [1.82, 2.24) is 9.80 Å². The zero-order valence-corrected chi connectivity index (χ0v) is 13.8. The van der Waals surface area contributed by atoms with Gasteiger partial charge in [0.1, 0.15) is 11.6 Å². The third-order valence-corrected chi connectivity index (χ3v) is 5.14. The summed E-state index contributed by atoms with van der Waals surface area (Å²) in [6.07, 6.45) is 3.29. The minimum absolute atomic E-state index is 0.112. The molecule has 0 aromatic heterocycles. The zero-order chi connectivity index (χ0) is 17.1. The number of piperazine rings is 1. The number of hydrogen-bond acceptors (Lipinski definition) is 3. The Morgan fingerprint density at radius 3 is 2.46 bits per heavy atom. The summed E-state index contributed by atoms with van der Waals surface area (Å²) in [7, 11) is 0. The van der Waals surface area contributed by atoms with Gasteiger partial charge in [0.15, 0.2) is 0 Å². The molecule has 1 amide bonds. The molecule has 1 heterocycles. The van der Waals surface area contributed by atoms with E-state index in [0.717, 1.165) is 37.8 Å². The van der Waals surface area contributed by atoms with E-state index >= 15 is 0 Å². The first kappa shape index (κ1) is 17.3. The van der Waals surface area contributed by atoms with Crippen LogP contribution in [0.3, 0.4) is 0 Å². The maximum Gasteiger partial charge on any atom is 0.225 e. The molecule has 1 N–H and O–H groups in total. The Morgan fingerprint density at radius 2 is 1.83 bits per heavy atom. The highest BCUT2D eigenvalue weighted by Crippen LogP contribution is 2.27. The highest BCUT2D eigenvalue weighted by atomic mass is 19.1. The Hall–Kier alpha value is -1.53. The summed E-state index contributed by atoms with van der Waals surface area (Å²) in [4.78, 5) is 16.3. The van der Waals surface area contributed by atoms with Gasteiger partial charge < -0.3 is 10.0 Å². The lowest BCUT2D eigenvalue weighted by Crippen LogP contribution is -2.50. The van der Waals surface area contributed by atoms with Crippen LogP contribution in [0.1, 0.15) is 37.4 Å². The molecule has 1 aliphatic heterocycles. The molecule has 0 radical (unpaired) electrons. The fourth-order valence-corrected chi connectivity index (χ4v) is 3.70. The van der Waals surface area contributed by atoms with Crippen molar-refractivity contribution in [1.29, 1.82) is 0 Å². The molecular weight excluding hydrogens is 314 g/mol. The van der Waals surface area contributed by atoms with E-state index in [1.807, 2.05) is 9.80 Å². The molecule has 132 valence electrons.